The van der Waals surface area contributed by atoms with E-state index in [0.717, 1.165) is 4.88 Å². The first-order valence-electron chi connectivity index (χ1n) is 6.61. The van der Waals surface area contributed by atoms with Gasteiger partial charge in [0.15, 0.2) is 4.88 Å². The molecular weight excluding hydrogens is 304 g/mol. The lowest BCUT2D eigenvalue weighted by atomic mass is 10.3. The Labute approximate surface area is 132 Å². The summed E-state index contributed by atoms with van der Waals surface area (Å²) in [5.41, 5.74) is 0.462. The lowest BCUT2D eigenvalue weighted by Crippen LogP contribution is -2.28. The maximum absolute atomic E-state index is 11.9. The van der Waals surface area contributed by atoms with Crippen LogP contribution in [-0.2, 0) is 4.74 Å². The van der Waals surface area contributed by atoms with Crippen molar-refractivity contribution in [3.63, 3.8) is 0 Å². The van der Waals surface area contributed by atoms with Crippen molar-refractivity contribution in [1.29, 1.82) is 0 Å². The first-order chi connectivity index (χ1) is 10.6. The van der Waals surface area contributed by atoms with Gasteiger partial charge in [-0.1, -0.05) is 0 Å². The SMILES string of the molecule is COc1cc(C)sc1C(=O)OCCNC(=O)c1cccnc1. The van der Waals surface area contributed by atoms with Crippen molar-refractivity contribution < 1.29 is 19.1 Å². The second-order valence-electron chi connectivity index (χ2n) is 4.39. The van der Waals surface area contributed by atoms with Crippen molar-refractivity contribution >= 4 is 23.2 Å². The molecule has 2 heterocycles. The van der Waals surface area contributed by atoms with E-state index in [1.54, 1.807) is 24.4 Å². The van der Waals surface area contributed by atoms with Crippen LogP contribution in [0.4, 0.5) is 0 Å². The molecule has 0 radical (unpaired) electrons. The van der Waals surface area contributed by atoms with Crippen LogP contribution in [0.25, 0.3) is 0 Å². The van der Waals surface area contributed by atoms with Crippen LogP contribution >= 0.6 is 11.3 Å². The van der Waals surface area contributed by atoms with Crippen LogP contribution in [-0.4, -0.2) is 37.1 Å². The van der Waals surface area contributed by atoms with E-state index in [9.17, 15) is 9.59 Å². The third-order valence-electron chi connectivity index (χ3n) is 2.77. The molecule has 0 aliphatic carbocycles. The number of hydrogen-bond donors (Lipinski definition) is 1. The van der Waals surface area contributed by atoms with Crippen LogP contribution in [0, 0.1) is 6.92 Å². The number of esters is 1. The maximum atomic E-state index is 11.9. The molecule has 0 atom stereocenters. The molecule has 7 heteroatoms. The quantitative estimate of drug-likeness (QED) is 0.651. The number of amides is 1. The zero-order valence-electron chi connectivity index (χ0n) is 12.3. The van der Waals surface area contributed by atoms with Gasteiger partial charge in [0, 0.05) is 17.3 Å². The van der Waals surface area contributed by atoms with Crippen LogP contribution in [0.1, 0.15) is 24.9 Å². The number of nitrogens with zero attached hydrogens (tertiary/aromatic N) is 1. The number of aryl methyl sites for hydroxylation is 1. The second-order valence-corrected chi connectivity index (χ2v) is 5.64. The Hall–Kier alpha value is -2.41. The molecule has 0 aliphatic heterocycles. The van der Waals surface area contributed by atoms with E-state index in [1.807, 2.05) is 6.92 Å². The first-order valence-corrected chi connectivity index (χ1v) is 7.43. The van der Waals surface area contributed by atoms with E-state index in [4.69, 9.17) is 9.47 Å². The molecule has 2 rings (SSSR count). The standard InChI is InChI=1S/C15H16N2O4S/c1-10-8-12(20-2)13(22-10)15(19)21-7-6-17-14(18)11-4-3-5-16-9-11/h3-5,8-9H,6-7H2,1-2H3,(H,17,18). The summed E-state index contributed by atoms with van der Waals surface area (Å²) in [6.45, 7) is 2.20. The lowest BCUT2D eigenvalue weighted by molar-refractivity contribution is 0.0505. The molecule has 2 aromatic heterocycles. The third-order valence-corrected chi connectivity index (χ3v) is 3.78. The molecule has 0 saturated carbocycles. The number of carbonyl (C=O) groups is 2. The van der Waals surface area contributed by atoms with Gasteiger partial charge in [-0.2, -0.15) is 0 Å². The fraction of sp³-hybridized carbons (Fsp3) is 0.267. The monoisotopic (exact) mass is 320 g/mol. The molecule has 0 aromatic carbocycles. The van der Waals surface area contributed by atoms with Gasteiger partial charge in [-0.15, -0.1) is 11.3 Å². The highest BCUT2D eigenvalue weighted by atomic mass is 32.1. The highest BCUT2D eigenvalue weighted by Crippen LogP contribution is 2.29. The minimum Gasteiger partial charge on any atom is -0.495 e. The van der Waals surface area contributed by atoms with E-state index in [1.165, 1.54) is 24.6 Å². The van der Waals surface area contributed by atoms with E-state index in [2.05, 4.69) is 10.3 Å². The maximum Gasteiger partial charge on any atom is 0.352 e. The van der Waals surface area contributed by atoms with Gasteiger partial charge in [0.05, 0.1) is 19.2 Å². The summed E-state index contributed by atoms with van der Waals surface area (Å²) in [6, 6.07) is 5.12. The first kappa shape index (κ1) is 16.0. The van der Waals surface area contributed by atoms with Gasteiger partial charge in [-0.05, 0) is 25.1 Å². The van der Waals surface area contributed by atoms with Crippen LogP contribution in [0.5, 0.6) is 5.75 Å². The molecule has 6 nitrogen and oxygen atoms in total. The Morgan fingerprint density at radius 2 is 2.23 bits per heavy atom. The van der Waals surface area contributed by atoms with E-state index < -0.39 is 5.97 Å². The second kappa shape index (κ2) is 7.56. The summed E-state index contributed by atoms with van der Waals surface area (Å²) >= 11 is 1.31. The molecule has 0 aliphatic rings. The molecule has 0 unspecified atom stereocenters. The zero-order chi connectivity index (χ0) is 15.9. The Morgan fingerprint density at radius 3 is 2.91 bits per heavy atom. The van der Waals surface area contributed by atoms with Crippen molar-refractivity contribution in [1.82, 2.24) is 10.3 Å². The Bertz CT molecular complexity index is 655. The number of thiophene rings is 1. The molecule has 0 bridgehead atoms. The predicted molar refractivity (Wildman–Crippen MR) is 82.5 cm³/mol. The summed E-state index contributed by atoms with van der Waals surface area (Å²) in [5, 5.41) is 2.66. The van der Waals surface area contributed by atoms with Crippen LogP contribution in [0.2, 0.25) is 0 Å². The summed E-state index contributed by atoms with van der Waals surface area (Å²) in [4.78, 5) is 29.0. The van der Waals surface area contributed by atoms with Crippen molar-refractivity contribution in [2.24, 2.45) is 0 Å². The summed E-state index contributed by atoms with van der Waals surface area (Å²) < 4.78 is 10.3. The molecule has 116 valence electrons. The summed E-state index contributed by atoms with van der Waals surface area (Å²) in [6.07, 6.45) is 3.07. The fourth-order valence-electron chi connectivity index (χ4n) is 1.76. The molecular formula is C15H16N2O4S. The molecule has 0 saturated heterocycles. The van der Waals surface area contributed by atoms with Gasteiger partial charge < -0.3 is 14.8 Å². The van der Waals surface area contributed by atoms with E-state index >= 15 is 0 Å². The number of pyridine rings is 1. The summed E-state index contributed by atoms with van der Waals surface area (Å²) in [7, 11) is 1.51. The minimum atomic E-state index is -0.453. The Morgan fingerprint density at radius 1 is 1.41 bits per heavy atom. The third kappa shape index (κ3) is 4.05. The van der Waals surface area contributed by atoms with Crippen molar-refractivity contribution in [2.45, 2.75) is 6.92 Å². The molecule has 2 aromatic rings. The number of rotatable bonds is 6. The zero-order valence-corrected chi connectivity index (χ0v) is 13.1. The van der Waals surface area contributed by atoms with E-state index in [-0.39, 0.29) is 19.1 Å². The van der Waals surface area contributed by atoms with Crippen molar-refractivity contribution in [3.8, 4) is 5.75 Å². The van der Waals surface area contributed by atoms with Crippen LogP contribution < -0.4 is 10.1 Å². The average molecular weight is 320 g/mol. The molecule has 0 fully saturated rings. The van der Waals surface area contributed by atoms with Gasteiger partial charge in [0.1, 0.15) is 12.4 Å². The average Bonchev–Trinajstić information content (AvgIpc) is 2.93. The molecule has 1 N–H and O–H groups in total. The molecule has 0 spiro atoms. The van der Waals surface area contributed by atoms with Gasteiger partial charge in [-0.3, -0.25) is 9.78 Å². The van der Waals surface area contributed by atoms with Gasteiger partial charge in [0.25, 0.3) is 5.91 Å². The number of aromatic nitrogens is 1. The molecule has 1 amide bonds. The predicted octanol–water partition coefficient (Wildman–Crippen LogP) is 2.05. The Balaban J connectivity index is 1.79. The molecule has 22 heavy (non-hydrogen) atoms. The number of ether oxygens (including phenoxy) is 2. The number of hydrogen-bond acceptors (Lipinski definition) is 6. The number of nitrogens with one attached hydrogen (secondary N) is 1. The highest BCUT2D eigenvalue weighted by Gasteiger charge is 2.17. The van der Waals surface area contributed by atoms with Crippen molar-refractivity contribution in [2.75, 3.05) is 20.3 Å². The normalized spacial score (nSPS) is 10.1. The number of carbonyl (C=O) groups excluding carboxylic acids is 2. The smallest absolute Gasteiger partial charge is 0.352 e. The van der Waals surface area contributed by atoms with Gasteiger partial charge >= 0.3 is 5.97 Å². The highest BCUT2D eigenvalue weighted by molar-refractivity contribution is 7.14. The van der Waals surface area contributed by atoms with Crippen LogP contribution in [0.3, 0.4) is 0 Å². The van der Waals surface area contributed by atoms with Gasteiger partial charge in [-0.25, -0.2) is 4.79 Å². The summed E-state index contributed by atoms with van der Waals surface area (Å²) in [5.74, 6) is -0.203. The van der Waals surface area contributed by atoms with Gasteiger partial charge in [0.2, 0.25) is 0 Å². The number of methoxy groups -OCH3 is 1. The Kier molecular flexibility index (Phi) is 5.48. The lowest BCUT2D eigenvalue weighted by Gasteiger charge is -2.06. The minimum absolute atomic E-state index is 0.0882. The topological polar surface area (TPSA) is 77.5 Å². The fourth-order valence-corrected chi connectivity index (χ4v) is 2.63. The van der Waals surface area contributed by atoms with Crippen LogP contribution in [0.15, 0.2) is 30.6 Å². The van der Waals surface area contributed by atoms with E-state index in [0.29, 0.717) is 16.2 Å². The van der Waals surface area contributed by atoms with Crippen molar-refractivity contribution in [3.05, 3.63) is 45.9 Å². The largest absolute Gasteiger partial charge is 0.495 e.